The summed E-state index contributed by atoms with van der Waals surface area (Å²) in [4.78, 5) is 0. The van der Waals surface area contributed by atoms with Crippen LogP contribution in [0.3, 0.4) is 0 Å². The van der Waals surface area contributed by atoms with Gasteiger partial charge in [-0.3, -0.25) is 0 Å². The maximum Gasteiger partial charge on any atom is 0.144 e. The summed E-state index contributed by atoms with van der Waals surface area (Å²) in [7, 11) is 0. The second-order valence-electron chi connectivity index (χ2n) is 4.32. The molecule has 3 nitrogen and oxygen atoms in total. The van der Waals surface area contributed by atoms with Crippen LogP contribution in [-0.2, 0) is 0 Å². The predicted molar refractivity (Wildman–Crippen MR) is 84.0 cm³/mol. The average Bonchev–Trinajstić information content (AvgIpc) is 2.42. The lowest BCUT2D eigenvalue weighted by atomic mass is 10.2. The van der Waals surface area contributed by atoms with Gasteiger partial charge in [-0.05, 0) is 52.7 Å². The summed E-state index contributed by atoms with van der Waals surface area (Å²) in [6, 6.07) is 9.98. The Labute approximate surface area is 126 Å². The number of benzene rings is 2. The number of halogens is 2. The molecule has 0 amide bonds. The highest BCUT2D eigenvalue weighted by Gasteiger charge is 2.08. The van der Waals surface area contributed by atoms with Gasteiger partial charge in [0.25, 0.3) is 0 Å². The van der Waals surface area contributed by atoms with Crippen LogP contribution in [0, 0.1) is 5.82 Å². The van der Waals surface area contributed by atoms with Crippen LogP contribution < -0.4 is 15.8 Å². The van der Waals surface area contributed by atoms with Gasteiger partial charge in [-0.1, -0.05) is 13.0 Å². The fourth-order valence-corrected chi connectivity index (χ4v) is 2.18. The first kappa shape index (κ1) is 14.7. The van der Waals surface area contributed by atoms with Crippen molar-refractivity contribution in [2.24, 2.45) is 0 Å². The molecule has 0 unspecified atom stereocenters. The molecule has 3 N–H and O–H groups in total. The highest BCUT2D eigenvalue weighted by Crippen LogP contribution is 2.34. The molecule has 0 heterocycles. The lowest BCUT2D eigenvalue weighted by Gasteiger charge is -2.14. The Bertz CT molecular complexity index is 604. The molecule has 20 heavy (non-hydrogen) atoms. The van der Waals surface area contributed by atoms with Crippen molar-refractivity contribution in [3.8, 4) is 5.75 Å². The van der Waals surface area contributed by atoms with E-state index in [0.29, 0.717) is 22.5 Å². The lowest BCUT2D eigenvalue weighted by Crippen LogP contribution is -2.02. The molecule has 0 spiro atoms. The SMILES string of the molecule is CCCOc1cccc(Nc2ccc(F)cc2Br)c1N. The van der Waals surface area contributed by atoms with Crippen LogP contribution in [0.5, 0.6) is 5.75 Å². The van der Waals surface area contributed by atoms with Crippen molar-refractivity contribution in [2.75, 3.05) is 17.7 Å². The minimum Gasteiger partial charge on any atom is -0.491 e. The number of hydrogen-bond donors (Lipinski definition) is 2. The Morgan fingerprint density at radius 1 is 1.25 bits per heavy atom. The Hall–Kier alpha value is -1.75. The zero-order chi connectivity index (χ0) is 14.5. The molecule has 0 aliphatic heterocycles. The molecule has 2 aromatic rings. The van der Waals surface area contributed by atoms with Crippen LogP contribution >= 0.6 is 15.9 Å². The summed E-state index contributed by atoms with van der Waals surface area (Å²) in [5.74, 6) is 0.352. The number of nitrogen functional groups attached to an aromatic ring is 1. The quantitative estimate of drug-likeness (QED) is 0.776. The van der Waals surface area contributed by atoms with Crippen LogP contribution in [0.4, 0.5) is 21.5 Å². The molecular weight excluding hydrogens is 323 g/mol. The first-order valence-electron chi connectivity index (χ1n) is 6.35. The Morgan fingerprint density at radius 3 is 2.75 bits per heavy atom. The third-order valence-electron chi connectivity index (χ3n) is 2.73. The fraction of sp³-hybridized carbons (Fsp3) is 0.200. The first-order valence-corrected chi connectivity index (χ1v) is 7.14. The van der Waals surface area contributed by atoms with Gasteiger partial charge < -0.3 is 15.8 Å². The van der Waals surface area contributed by atoms with Gasteiger partial charge in [-0.2, -0.15) is 0 Å². The van der Waals surface area contributed by atoms with Gasteiger partial charge in [-0.15, -0.1) is 0 Å². The molecule has 2 aromatic carbocycles. The number of rotatable bonds is 5. The van der Waals surface area contributed by atoms with Crippen LogP contribution in [0.1, 0.15) is 13.3 Å². The summed E-state index contributed by atoms with van der Waals surface area (Å²) in [6.07, 6.45) is 0.917. The van der Waals surface area contributed by atoms with Crippen molar-refractivity contribution in [3.63, 3.8) is 0 Å². The number of para-hydroxylation sites is 1. The van der Waals surface area contributed by atoms with E-state index in [2.05, 4.69) is 21.2 Å². The monoisotopic (exact) mass is 338 g/mol. The molecule has 0 atom stereocenters. The van der Waals surface area contributed by atoms with Gasteiger partial charge >= 0.3 is 0 Å². The second-order valence-corrected chi connectivity index (χ2v) is 5.17. The Kier molecular flexibility index (Phi) is 4.84. The third-order valence-corrected chi connectivity index (χ3v) is 3.38. The number of hydrogen-bond acceptors (Lipinski definition) is 3. The summed E-state index contributed by atoms with van der Waals surface area (Å²) >= 11 is 3.32. The highest BCUT2D eigenvalue weighted by atomic mass is 79.9. The third kappa shape index (κ3) is 3.42. The van der Waals surface area contributed by atoms with Crippen molar-refractivity contribution >= 4 is 33.0 Å². The van der Waals surface area contributed by atoms with E-state index in [1.807, 2.05) is 25.1 Å². The number of nitrogens with one attached hydrogen (secondary N) is 1. The number of ether oxygens (including phenoxy) is 1. The van der Waals surface area contributed by atoms with E-state index in [-0.39, 0.29) is 5.82 Å². The summed E-state index contributed by atoms with van der Waals surface area (Å²) in [5, 5.41) is 3.17. The van der Waals surface area contributed by atoms with E-state index < -0.39 is 0 Å². The average molecular weight is 339 g/mol. The smallest absolute Gasteiger partial charge is 0.144 e. The lowest BCUT2D eigenvalue weighted by molar-refractivity contribution is 0.319. The fourth-order valence-electron chi connectivity index (χ4n) is 1.73. The standard InChI is InChI=1S/C15H16BrFN2O/c1-2-8-20-14-5-3-4-13(15(14)18)19-12-7-6-10(17)9-11(12)16/h3-7,9,19H,2,8,18H2,1H3. The van der Waals surface area contributed by atoms with Crippen LogP contribution in [-0.4, -0.2) is 6.61 Å². The predicted octanol–water partition coefficient (Wildman–Crippen LogP) is 4.70. The van der Waals surface area contributed by atoms with E-state index in [0.717, 1.165) is 17.8 Å². The van der Waals surface area contributed by atoms with Crippen molar-refractivity contribution in [3.05, 3.63) is 46.7 Å². The molecule has 5 heteroatoms. The topological polar surface area (TPSA) is 47.3 Å². The largest absolute Gasteiger partial charge is 0.491 e. The second kappa shape index (κ2) is 6.61. The summed E-state index contributed by atoms with van der Waals surface area (Å²) in [6.45, 7) is 2.65. The molecule has 106 valence electrons. The maximum absolute atomic E-state index is 13.1. The molecule has 0 aromatic heterocycles. The van der Waals surface area contributed by atoms with Crippen molar-refractivity contribution in [2.45, 2.75) is 13.3 Å². The molecular formula is C15H16BrFN2O. The van der Waals surface area contributed by atoms with Gasteiger partial charge in [-0.25, -0.2) is 4.39 Å². The number of nitrogens with two attached hydrogens (primary N) is 1. The Balaban J connectivity index is 2.24. The van der Waals surface area contributed by atoms with Crippen molar-refractivity contribution in [1.29, 1.82) is 0 Å². The minimum absolute atomic E-state index is 0.296. The molecule has 0 aliphatic rings. The van der Waals surface area contributed by atoms with E-state index in [1.54, 1.807) is 6.07 Å². The summed E-state index contributed by atoms with van der Waals surface area (Å²) in [5.41, 5.74) is 8.08. The molecule has 0 saturated heterocycles. The van der Waals surface area contributed by atoms with E-state index in [4.69, 9.17) is 10.5 Å². The van der Waals surface area contributed by atoms with Gasteiger partial charge in [0.2, 0.25) is 0 Å². The molecule has 0 fully saturated rings. The van der Waals surface area contributed by atoms with Crippen LogP contribution in [0.25, 0.3) is 0 Å². The zero-order valence-corrected chi connectivity index (χ0v) is 12.7. The molecule has 0 bridgehead atoms. The van der Waals surface area contributed by atoms with Crippen LogP contribution in [0.15, 0.2) is 40.9 Å². The van der Waals surface area contributed by atoms with Gasteiger partial charge in [0.1, 0.15) is 11.6 Å². The molecule has 2 rings (SSSR count). The molecule has 0 saturated carbocycles. The highest BCUT2D eigenvalue weighted by molar-refractivity contribution is 9.10. The minimum atomic E-state index is -0.296. The van der Waals surface area contributed by atoms with Crippen molar-refractivity contribution < 1.29 is 9.13 Å². The van der Waals surface area contributed by atoms with E-state index in [9.17, 15) is 4.39 Å². The summed E-state index contributed by atoms with van der Waals surface area (Å²) < 4.78 is 19.3. The van der Waals surface area contributed by atoms with Gasteiger partial charge in [0, 0.05) is 4.47 Å². The van der Waals surface area contributed by atoms with E-state index in [1.165, 1.54) is 12.1 Å². The van der Waals surface area contributed by atoms with E-state index >= 15 is 0 Å². The van der Waals surface area contributed by atoms with Gasteiger partial charge in [0.05, 0.1) is 23.7 Å². The Morgan fingerprint density at radius 2 is 2.05 bits per heavy atom. The normalized spacial score (nSPS) is 10.3. The molecule has 0 radical (unpaired) electrons. The zero-order valence-electron chi connectivity index (χ0n) is 11.1. The first-order chi connectivity index (χ1) is 9.61. The van der Waals surface area contributed by atoms with Gasteiger partial charge in [0.15, 0.2) is 0 Å². The maximum atomic E-state index is 13.1. The number of anilines is 3. The van der Waals surface area contributed by atoms with Crippen LogP contribution in [0.2, 0.25) is 0 Å². The molecule has 0 aliphatic carbocycles. The van der Waals surface area contributed by atoms with Crippen molar-refractivity contribution in [1.82, 2.24) is 0 Å².